The number of carbonyl (C=O) groups excluding carboxylic acids is 1. The van der Waals surface area contributed by atoms with Gasteiger partial charge in [0.15, 0.2) is 0 Å². The first-order valence-electron chi connectivity index (χ1n) is 11.0. The van der Waals surface area contributed by atoms with Crippen molar-refractivity contribution in [2.75, 3.05) is 19.0 Å². The Kier molecular flexibility index (Phi) is 8.01. The molecule has 1 aliphatic rings. The lowest BCUT2D eigenvalue weighted by Gasteiger charge is -2.29. The second kappa shape index (κ2) is 10.7. The predicted octanol–water partition coefficient (Wildman–Crippen LogP) is 3.01. The van der Waals surface area contributed by atoms with Gasteiger partial charge in [0.05, 0.1) is 23.3 Å². The van der Waals surface area contributed by atoms with Gasteiger partial charge in [0, 0.05) is 31.1 Å². The quantitative estimate of drug-likeness (QED) is 0.447. The molecule has 3 rings (SSSR count). The number of hydrogen-bond acceptors (Lipinski definition) is 6. The molecule has 7 nitrogen and oxygen atoms in total. The molecule has 0 saturated heterocycles. The lowest BCUT2D eigenvalue weighted by Crippen LogP contribution is -2.47. The zero-order chi connectivity index (χ0) is 21.5. The molecule has 1 heterocycles. The highest BCUT2D eigenvalue weighted by Gasteiger charge is 2.25. The van der Waals surface area contributed by atoms with E-state index in [0.717, 1.165) is 17.3 Å². The first kappa shape index (κ1) is 22.5. The summed E-state index contributed by atoms with van der Waals surface area (Å²) in [5, 5.41) is 10.8. The van der Waals surface area contributed by atoms with Crippen LogP contribution in [0, 0.1) is 0 Å². The molecule has 1 aliphatic carbocycles. The second-order valence-corrected chi connectivity index (χ2v) is 8.16. The van der Waals surface area contributed by atoms with E-state index in [1.54, 1.807) is 14.0 Å². The average Bonchev–Trinajstić information content (AvgIpc) is 3.25. The average molecular weight is 414 g/mol. The van der Waals surface area contributed by atoms with Crippen molar-refractivity contribution in [3.63, 3.8) is 0 Å². The van der Waals surface area contributed by atoms with E-state index in [1.165, 1.54) is 25.7 Å². The number of fused-ring (bicyclic) bond motifs is 1. The number of methoxy groups -OCH3 is 1. The van der Waals surface area contributed by atoms with Crippen molar-refractivity contribution in [1.29, 1.82) is 0 Å². The van der Waals surface area contributed by atoms with Crippen molar-refractivity contribution in [2.24, 2.45) is 5.73 Å². The molecular formula is C23H35N5O2. The van der Waals surface area contributed by atoms with Crippen LogP contribution < -0.4 is 21.7 Å². The smallest absolute Gasteiger partial charge is 0.256 e. The number of nitrogens with one attached hydrogen (secondary N) is 3. The van der Waals surface area contributed by atoms with Crippen LogP contribution in [0.3, 0.4) is 0 Å². The van der Waals surface area contributed by atoms with Gasteiger partial charge in [0.1, 0.15) is 5.82 Å². The normalized spacial score (nSPS) is 17.6. The van der Waals surface area contributed by atoms with Crippen molar-refractivity contribution in [3.05, 3.63) is 35.9 Å². The van der Waals surface area contributed by atoms with Crippen LogP contribution in [0.4, 0.5) is 5.82 Å². The van der Waals surface area contributed by atoms with Crippen molar-refractivity contribution >= 4 is 22.6 Å². The summed E-state index contributed by atoms with van der Waals surface area (Å²) < 4.78 is 5.81. The first-order chi connectivity index (χ1) is 14.5. The number of nitrogens with two attached hydrogens (primary N) is 1. The van der Waals surface area contributed by atoms with Crippen molar-refractivity contribution in [2.45, 2.75) is 70.3 Å². The van der Waals surface area contributed by atoms with Crippen LogP contribution in [0.25, 0.3) is 10.9 Å². The molecule has 0 spiro atoms. The van der Waals surface area contributed by atoms with Gasteiger partial charge in [-0.25, -0.2) is 4.98 Å². The van der Waals surface area contributed by atoms with Crippen LogP contribution >= 0.6 is 0 Å². The summed E-state index contributed by atoms with van der Waals surface area (Å²) in [4.78, 5) is 17.4. The number of rotatable bonds is 10. The van der Waals surface area contributed by atoms with Gasteiger partial charge >= 0.3 is 0 Å². The summed E-state index contributed by atoms with van der Waals surface area (Å²) in [6.07, 6.45) is 5.55. The first-order valence-corrected chi connectivity index (χ1v) is 11.0. The maximum absolute atomic E-state index is 12.7. The molecule has 5 N–H and O–H groups in total. The Morgan fingerprint density at radius 3 is 2.70 bits per heavy atom. The number of anilines is 1. The summed E-state index contributed by atoms with van der Waals surface area (Å²) >= 11 is 0. The van der Waals surface area contributed by atoms with Crippen molar-refractivity contribution < 1.29 is 9.53 Å². The Morgan fingerprint density at radius 2 is 2.03 bits per heavy atom. The van der Waals surface area contributed by atoms with Gasteiger partial charge in [-0.2, -0.15) is 0 Å². The van der Waals surface area contributed by atoms with E-state index in [9.17, 15) is 4.79 Å². The molecule has 0 radical (unpaired) electrons. The molecule has 0 aliphatic heterocycles. The van der Waals surface area contributed by atoms with Crippen LogP contribution in [0.15, 0.2) is 30.3 Å². The van der Waals surface area contributed by atoms with Crippen LogP contribution in [-0.2, 0) is 4.74 Å². The van der Waals surface area contributed by atoms with Crippen LogP contribution in [0.1, 0.15) is 56.3 Å². The summed E-state index contributed by atoms with van der Waals surface area (Å²) in [5.41, 5.74) is 7.09. The number of aromatic nitrogens is 1. The highest BCUT2D eigenvalue weighted by molar-refractivity contribution is 6.02. The molecule has 0 bridgehead atoms. The number of amides is 1. The maximum Gasteiger partial charge on any atom is 0.256 e. The molecule has 3 unspecified atom stereocenters. The largest absolute Gasteiger partial charge is 0.378 e. The summed E-state index contributed by atoms with van der Waals surface area (Å²) in [5.74, 6) is 0.306. The number of hydrogen-bond donors (Lipinski definition) is 4. The summed E-state index contributed by atoms with van der Waals surface area (Å²) in [6, 6.07) is 10.4. The van der Waals surface area contributed by atoms with Gasteiger partial charge in [0.25, 0.3) is 5.91 Å². The molecule has 1 aromatic carbocycles. The predicted molar refractivity (Wildman–Crippen MR) is 122 cm³/mol. The zero-order valence-electron chi connectivity index (χ0n) is 18.3. The number of para-hydroxylation sites is 1. The van der Waals surface area contributed by atoms with E-state index in [2.05, 4.69) is 22.9 Å². The van der Waals surface area contributed by atoms with Gasteiger partial charge in [-0.1, -0.05) is 38.0 Å². The number of nitrogens with zero attached hydrogens (tertiary/aromatic N) is 1. The van der Waals surface area contributed by atoms with Crippen LogP contribution in [0.2, 0.25) is 0 Å². The van der Waals surface area contributed by atoms with E-state index in [4.69, 9.17) is 15.5 Å². The van der Waals surface area contributed by atoms with Gasteiger partial charge < -0.3 is 26.4 Å². The lowest BCUT2D eigenvalue weighted by atomic mass is 10.1. The molecule has 1 fully saturated rings. The Labute approximate surface area is 179 Å². The molecule has 1 saturated carbocycles. The van der Waals surface area contributed by atoms with E-state index in [0.29, 0.717) is 24.0 Å². The standard InChI is InChI=1S/C23H35N5O2/c1-4-19(27-17-10-6-7-11-17)21(30-3)14-25-22-18(23(29)26-15(2)24)13-16-9-5-8-12-20(16)28-22/h5,8-9,12-13,15,17,19,21,27H,4,6-7,10-11,14,24H2,1-3H3,(H,25,28)(H,26,29). The third-order valence-corrected chi connectivity index (χ3v) is 5.79. The third kappa shape index (κ3) is 5.68. The number of carbonyl (C=O) groups is 1. The lowest BCUT2D eigenvalue weighted by molar-refractivity contribution is 0.0724. The topological polar surface area (TPSA) is 101 Å². The fourth-order valence-corrected chi connectivity index (χ4v) is 4.18. The van der Waals surface area contributed by atoms with Gasteiger partial charge in [-0.05, 0) is 38.3 Å². The van der Waals surface area contributed by atoms with Crippen LogP contribution in [0.5, 0.6) is 0 Å². The molecule has 7 heteroatoms. The Hall–Kier alpha value is -2.22. The fourth-order valence-electron chi connectivity index (χ4n) is 4.18. The second-order valence-electron chi connectivity index (χ2n) is 8.16. The third-order valence-electron chi connectivity index (χ3n) is 5.79. The molecule has 1 amide bonds. The molecule has 1 aromatic heterocycles. The SMILES string of the molecule is CCC(NC1CCCC1)C(CNc1nc2ccccc2cc1C(=O)NC(C)N)OC. The molecular weight excluding hydrogens is 378 g/mol. The Bertz CT molecular complexity index is 835. The van der Waals surface area contributed by atoms with Gasteiger partial charge in [0.2, 0.25) is 0 Å². The minimum atomic E-state index is -0.441. The monoisotopic (exact) mass is 413 g/mol. The van der Waals surface area contributed by atoms with Gasteiger partial charge in [-0.3, -0.25) is 4.79 Å². The highest BCUT2D eigenvalue weighted by Crippen LogP contribution is 2.22. The Balaban J connectivity index is 1.78. The van der Waals surface area contributed by atoms with Crippen molar-refractivity contribution in [1.82, 2.24) is 15.6 Å². The molecule has 2 aromatic rings. The fraction of sp³-hybridized carbons (Fsp3) is 0.565. The van der Waals surface area contributed by atoms with Crippen LogP contribution in [-0.4, -0.2) is 48.9 Å². The summed E-state index contributed by atoms with van der Waals surface area (Å²) in [6.45, 7) is 4.47. The Morgan fingerprint density at radius 1 is 1.30 bits per heavy atom. The van der Waals surface area contributed by atoms with Crippen molar-refractivity contribution in [3.8, 4) is 0 Å². The van der Waals surface area contributed by atoms with E-state index in [1.807, 2.05) is 30.3 Å². The number of benzene rings is 1. The molecule has 30 heavy (non-hydrogen) atoms. The minimum Gasteiger partial charge on any atom is -0.378 e. The van der Waals surface area contributed by atoms with Gasteiger partial charge in [-0.15, -0.1) is 0 Å². The molecule has 164 valence electrons. The zero-order valence-corrected chi connectivity index (χ0v) is 18.3. The van der Waals surface area contributed by atoms with E-state index in [-0.39, 0.29) is 18.1 Å². The number of pyridine rings is 1. The maximum atomic E-state index is 12.7. The highest BCUT2D eigenvalue weighted by atomic mass is 16.5. The minimum absolute atomic E-state index is 0.0341. The number of ether oxygens (including phenoxy) is 1. The summed E-state index contributed by atoms with van der Waals surface area (Å²) in [7, 11) is 1.74. The molecule has 3 atom stereocenters. The van der Waals surface area contributed by atoms with E-state index < -0.39 is 6.17 Å². The van der Waals surface area contributed by atoms with E-state index >= 15 is 0 Å².